The Hall–Kier alpha value is -3.48. The van der Waals surface area contributed by atoms with Crippen molar-refractivity contribution in [3.05, 3.63) is 64.8 Å². The standard InChI is InChI=1S/C24H24ClF3N4O5/c1-30-18(10-11-33)21(34)31(2)20-19(22(30)35)32(13-14-6-8-15(25)9-7-14)23(29-20)36-16-4-3-5-17(12-16)37-24(26,27)28/h3-9,12,18,21,33-34H,10-11,13H2,1-2H3/t18-,21?/m1/s1. The third kappa shape index (κ3) is 5.76. The van der Waals surface area contributed by atoms with Gasteiger partial charge in [0.2, 0.25) is 0 Å². The van der Waals surface area contributed by atoms with Crippen LogP contribution < -0.4 is 14.4 Å². The molecule has 13 heteroatoms. The number of anilines is 1. The fourth-order valence-electron chi connectivity index (χ4n) is 4.09. The van der Waals surface area contributed by atoms with E-state index in [2.05, 4.69) is 9.72 Å². The summed E-state index contributed by atoms with van der Waals surface area (Å²) >= 11 is 6.00. The predicted molar refractivity (Wildman–Crippen MR) is 128 cm³/mol. The van der Waals surface area contributed by atoms with Crippen LogP contribution in [-0.4, -0.2) is 69.9 Å². The molecule has 0 radical (unpaired) electrons. The third-order valence-electron chi connectivity index (χ3n) is 5.94. The second-order valence-electron chi connectivity index (χ2n) is 8.42. The van der Waals surface area contributed by atoms with Crippen LogP contribution >= 0.6 is 11.6 Å². The Kier molecular flexibility index (Phi) is 7.53. The van der Waals surface area contributed by atoms with Gasteiger partial charge in [-0.3, -0.25) is 9.36 Å². The van der Waals surface area contributed by atoms with E-state index >= 15 is 0 Å². The van der Waals surface area contributed by atoms with Crippen molar-refractivity contribution in [3.63, 3.8) is 0 Å². The predicted octanol–water partition coefficient (Wildman–Crippen LogP) is 3.87. The molecule has 2 N–H and O–H groups in total. The first-order valence-corrected chi connectivity index (χ1v) is 11.5. The highest BCUT2D eigenvalue weighted by atomic mass is 35.5. The lowest BCUT2D eigenvalue weighted by Gasteiger charge is -2.32. The maximum absolute atomic E-state index is 13.6. The van der Waals surface area contributed by atoms with E-state index < -0.39 is 30.3 Å². The molecule has 37 heavy (non-hydrogen) atoms. The lowest BCUT2D eigenvalue weighted by Crippen LogP contribution is -2.49. The summed E-state index contributed by atoms with van der Waals surface area (Å²) in [7, 11) is 3.05. The summed E-state index contributed by atoms with van der Waals surface area (Å²) < 4.78 is 49.4. The maximum Gasteiger partial charge on any atom is 0.573 e. The fraction of sp³-hybridized carbons (Fsp3) is 0.333. The van der Waals surface area contributed by atoms with Crippen molar-refractivity contribution in [2.45, 2.75) is 31.6 Å². The summed E-state index contributed by atoms with van der Waals surface area (Å²) in [6, 6.07) is 10.9. The molecule has 1 aliphatic heterocycles. The number of ether oxygens (including phenoxy) is 2. The van der Waals surface area contributed by atoms with E-state index in [-0.39, 0.29) is 42.8 Å². The molecular formula is C24H24ClF3N4O5. The highest BCUT2D eigenvalue weighted by Crippen LogP contribution is 2.36. The van der Waals surface area contributed by atoms with Gasteiger partial charge in [-0.2, -0.15) is 4.98 Å². The minimum Gasteiger partial charge on any atom is -0.425 e. The average Bonchev–Trinajstić information content (AvgIpc) is 3.16. The van der Waals surface area contributed by atoms with Crippen molar-refractivity contribution < 1.29 is 37.7 Å². The van der Waals surface area contributed by atoms with Crippen LogP contribution in [0.3, 0.4) is 0 Å². The second kappa shape index (κ2) is 10.5. The molecule has 2 heterocycles. The molecule has 0 aliphatic carbocycles. The molecule has 1 amide bonds. The summed E-state index contributed by atoms with van der Waals surface area (Å²) in [5, 5.41) is 20.9. The molecule has 0 saturated carbocycles. The molecule has 0 fully saturated rings. The number of hydrogen-bond donors (Lipinski definition) is 2. The molecule has 2 atom stereocenters. The molecule has 0 saturated heterocycles. The van der Waals surface area contributed by atoms with E-state index in [0.717, 1.165) is 17.7 Å². The van der Waals surface area contributed by atoms with Gasteiger partial charge in [-0.05, 0) is 36.2 Å². The van der Waals surface area contributed by atoms with Crippen LogP contribution in [0.4, 0.5) is 19.0 Å². The largest absolute Gasteiger partial charge is 0.573 e. The van der Waals surface area contributed by atoms with Gasteiger partial charge >= 0.3 is 12.4 Å². The van der Waals surface area contributed by atoms with Crippen LogP contribution in [0.1, 0.15) is 22.5 Å². The zero-order chi connectivity index (χ0) is 26.9. The Morgan fingerprint density at radius 2 is 1.76 bits per heavy atom. The number of halogens is 4. The number of imidazole rings is 1. The summed E-state index contributed by atoms with van der Waals surface area (Å²) in [5.41, 5.74) is 0.829. The first-order chi connectivity index (χ1) is 17.5. The topological polar surface area (TPSA) is 100 Å². The number of alkyl halides is 3. The number of aliphatic hydroxyl groups excluding tert-OH is 2. The summed E-state index contributed by atoms with van der Waals surface area (Å²) in [6.45, 7) is -0.151. The van der Waals surface area contributed by atoms with Crippen molar-refractivity contribution in [1.29, 1.82) is 0 Å². The van der Waals surface area contributed by atoms with Gasteiger partial charge in [-0.15, -0.1) is 13.2 Å². The first-order valence-electron chi connectivity index (χ1n) is 11.2. The Morgan fingerprint density at radius 1 is 1.08 bits per heavy atom. The van der Waals surface area contributed by atoms with Crippen LogP contribution in [-0.2, 0) is 6.54 Å². The second-order valence-corrected chi connectivity index (χ2v) is 8.86. The minimum absolute atomic E-state index is 0.0126. The molecule has 2 aromatic carbocycles. The van der Waals surface area contributed by atoms with Gasteiger partial charge in [0, 0.05) is 31.8 Å². The number of benzene rings is 2. The number of nitrogens with zero attached hydrogens (tertiary/aromatic N) is 4. The molecule has 1 aliphatic rings. The van der Waals surface area contributed by atoms with Crippen molar-refractivity contribution in [3.8, 4) is 17.5 Å². The van der Waals surface area contributed by atoms with E-state index in [4.69, 9.17) is 16.3 Å². The molecule has 0 spiro atoms. The van der Waals surface area contributed by atoms with Crippen LogP contribution in [0, 0.1) is 0 Å². The van der Waals surface area contributed by atoms with E-state index in [1.54, 1.807) is 31.3 Å². The molecule has 1 unspecified atom stereocenters. The number of aromatic nitrogens is 2. The van der Waals surface area contributed by atoms with E-state index in [9.17, 15) is 28.2 Å². The Labute approximate surface area is 215 Å². The van der Waals surface area contributed by atoms with Crippen LogP contribution in [0.2, 0.25) is 5.02 Å². The number of likely N-dealkylation sites (N-methyl/N-ethyl adjacent to an activating group) is 2. The van der Waals surface area contributed by atoms with Crippen LogP contribution in [0.5, 0.6) is 17.5 Å². The van der Waals surface area contributed by atoms with Gasteiger partial charge in [-0.25, -0.2) is 0 Å². The number of carbonyl (C=O) groups is 1. The minimum atomic E-state index is -4.88. The van der Waals surface area contributed by atoms with Gasteiger partial charge in [0.05, 0.1) is 12.6 Å². The van der Waals surface area contributed by atoms with Gasteiger partial charge < -0.3 is 29.5 Å². The monoisotopic (exact) mass is 540 g/mol. The van der Waals surface area contributed by atoms with Gasteiger partial charge in [0.1, 0.15) is 17.7 Å². The van der Waals surface area contributed by atoms with E-state index in [1.165, 1.54) is 33.5 Å². The summed E-state index contributed by atoms with van der Waals surface area (Å²) in [4.78, 5) is 20.7. The van der Waals surface area contributed by atoms with Crippen LogP contribution in [0.25, 0.3) is 0 Å². The Balaban J connectivity index is 1.80. The quantitative estimate of drug-likeness (QED) is 0.469. The number of carbonyl (C=O) groups excluding carboxylic acids is 1. The smallest absolute Gasteiger partial charge is 0.425 e. The zero-order valence-electron chi connectivity index (χ0n) is 19.8. The summed E-state index contributed by atoms with van der Waals surface area (Å²) in [5.74, 6) is -0.877. The number of aliphatic hydroxyl groups is 2. The average molecular weight is 541 g/mol. The van der Waals surface area contributed by atoms with Crippen molar-refractivity contribution in [1.82, 2.24) is 14.5 Å². The molecule has 0 bridgehead atoms. The number of hydrogen-bond acceptors (Lipinski definition) is 7. The van der Waals surface area contributed by atoms with Crippen molar-refractivity contribution in [2.24, 2.45) is 0 Å². The lowest BCUT2D eigenvalue weighted by atomic mass is 10.1. The van der Waals surface area contributed by atoms with Crippen molar-refractivity contribution in [2.75, 3.05) is 25.6 Å². The van der Waals surface area contributed by atoms with Gasteiger partial charge in [0.15, 0.2) is 11.5 Å². The van der Waals surface area contributed by atoms with Crippen LogP contribution in [0.15, 0.2) is 48.5 Å². The van der Waals surface area contributed by atoms with E-state index in [0.29, 0.717) is 5.02 Å². The number of fused-ring (bicyclic) bond motifs is 1. The van der Waals surface area contributed by atoms with E-state index in [1.807, 2.05) is 0 Å². The van der Waals surface area contributed by atoms with Gasteiger partial charge in [0.25, 0.3) is 5.91 Å². The Bertz CT molecular complexity index is 1270. The number of amides is 1. The molecule has 9 nitrogen and oxygen atoms in total. The highest BCUT2D eigenvalue weighted by molar-refractivity contribution is 6.30. The Morgan fingerprint density at radius 3 is 2.41 bits per heavy atom. The number of rotatable bonds is 7. The fourth-order valence-corrected chi connectivity index (χ4v) is 4.22. The molecule has 198 valence electrons. The maximum atomic E-state index is 13.6. The SMILES string of the molecule is CN1c2nc(Oc3cccc(OC(F)(F)F)c3)n(Cc3ccc(Cl)cc3)c2C(=O)N(C)[C@H](CCO)C1O. The van der Waals surface area contributed by atoms with Crippen molar-refractivity contribution >= 4 is 23.3 Å². The van der Waals surface area contributed by atoms with Gasteiger partial charge in [-0.1, -0.05) is 29.8 Å². The lowest BCUT2D eigenvalue weighted by molar-refractivity contribution is -0.274. The third-order valence-corrected chi connectivity index (χ3v) is 6.19. The highest BCUT2D eigenvalue weighted by Gasteiger charge is 2.40. The molecule has 4 rings (SSSR count). The first kappa shape index (κ1) is 26.6. The molecule has 3 aromatic rings. The molecular weight excluding hydrogens is 517 g/mol. The summed E-state index contributed by atoms with van der Waals surface area (Å²) in [6.07, 6.45) is -5.95. The zero-order valence-corrected chi connectivity index (χ0v) is 20.6. The normalized spacial score (nSPS) is 18.0. The molecule has 1 aromatic heterocycles.